The van der Waals surface area contributed by atoms with E-state index in [9.17, 15) is 4.39 Å². The van der Waals surface area contributed by atoms with Crippen LogP contribution in [0.25, 0.3) is 16.3 Å². The fourth-order valence-corrected chi connectivity index (χ4v) is 2.95. The number of hydrogen-bond donors (Lipinski definition) is 0. The summed E-state index contributed by atoms with van der Waals surface area (Å²) in [4.78, 5) is 12.1. The van der Waals surface area contributed by atoms with Crippen molar-refractivity contribution in [2.24, 2.45) is 9.98 Å². The number of hydrogen-bond acceptors (Lipinski definition) is 6. The number of halogens is 1. The van der Waals surface area contributed by atoms with Crippen molar-refractivity contribution in [3.63, 3.8) is 0 Å². The highest BCUT2D eigenvalue weighted by Gasteiger charge is 2.10. The third-order valence-electron chi connectivity index (χ3n) is 2.63. The summed E-state index contributed by atoms with van der Waals surface area (Å²) < 4.78 is 13.7. The summed E-state index contributed by atoms with van der Waals surface area (Å²) in [6.45, 7) is 6.93. The Hall–Kier alpha value is -2.30. The monoisotopic (exact) mass is 330 g/mol. The molecule has 0 saturated carbocycles. The minimum Gasteiger partial charge on any atom is -0.290 e. The van der Waals surface area contributed by atoms with E-state index in [1.807, 2.05) is 5.38 Å². The van der Waals surface area contributed by atoms with Crippen LogP contribution in [0, 0.1) is 17.1 Å². The zero-order chi connectivity index (χ0) is 15.9. The summed E-state index contributed by atoms with van der Waals surface area (Å²) in [7, 11) is 0. The van der Waals surface area contributed by atoms with E-state index in [4.69, 9.17) is 5.26 Å². The number of rotatable bonds is 6. The predicted molar refractivity (Wildman–Crippen MR) is 91.8 cm³/mol. The summed E-state index contributed by atoms with van der Waals surface area (Å²) in [6.07, 6.45) is 0. The van der Waals surface area contributed by atoms with E-state index >= 15 is 0 Å². The Kier molecular flexibility index (Phi) is 5.58. The van der Waals surface area contributed by atoms with E-state index in [-0.39, 0.29) is 5.56 Å². The lowest BCUT2D eigenvalue weighted by Gasteiger charge is -1.99. The predicted octanol–water partition coefficient (Wildman–Crippen LogP) is 4.21. The molecule has 0 fully saturated rings. The normalized spacial score (nSPS) is 11.0. The highest BCUT2D eigenvalue weighted by Crippen LogP contribution is 2.29. The van der Waals surface area contributed by atoms with Gasteiger partial charge >= 0.3 is 0 Å². The summed E-state index contributed by atoms with van der Waals surface area (Å²) >= 11 is 2.81. The Morgan fingerprint density at radius 2 is 2.32 bits per heavy atom. The standard InChI is InChI=1S/C15H11FN4S2/c1-18-9-21-7-13(19-2)14-8-22-15(20-14)10-3-4-11(6-17)12(16)5-10/h3-5,7-8H,1-2,9H2/b13-7-. The Bertz CT molecular complexity index is 774. The van der Waals surface area contributed by atoms with Crippen molar-refractivity contribution in [3.05, 3.63) is 46.1 Å². The second-order valence-corrected chi connectivity index (χ2v) is 5.71. The van der Waals surface area contributed by atoms with Gasteiger partial charge in [-0.1, -0.05) is 6.07 Å². The van der Waals surface area contributed by atoms with Crippen LogP contribution < -0.4 is 0 Å². The maximum Gasteiger partial charge on any atom is 0.141 e. The van der Waals surface area contributed by atoms with Gasteiger partial charge in [0.05, 0.1) is 17.1 Å². The number of nitrogens with zero attached hydrogens (tertiary/aromatic N) is 4. The van der Waals surface area contributed by atoms with Crippen molar-refractivity contribution >= 4 is 42.2 Å². The molecule has 0 saturated heterocycles. The third kappa shape index (κ3) is 3.67. The highest BCUT2D eigenvalue weighted by molar-refractivity contribution is 8.02. The molecule has 1 aromatic carbocycles. The molecule has 0 amide bonds. The molecule has 1 aromatic heterocycles. The van der Waals surface area contributed by atoms with Crippen LogP contribution in [0.15, 0.2) is 39.0 Å². The molecule has 0 spiro atoms. The van der Waals surface area contributed by atoms with Gasteiger partial charge in [0.2, 0.25) is 0 Å². The second-order valence-electron chi connectivity index (χ2n) is 4.02. The fraction of sp³-hybridized carbons (Fsp3) is 0.0667. The van der Waals surface area contributed by atoms with Gasteiger partial charge in [0.1, 0.15) is 22.6 Å². The van der Waals surface area contributed by atoms with E-state index in [0.717, 1.165) is 0 Å². The lowest BCUT2D eigenvalue weighted by molar-refractivity contribution is 0.624. The molecule has 110 valence electrons. The molecular weight excluding hydrogens is 319 g/mol. The Morgan fingerprint density at radius 1 is 1.50 bits per heavy atom. The molecule has 22 heavy (non-hydrogen) atoms. The van der Waals surface area contributed by atoms with Crippen LogP contribution in [0.4, 0.5) is 4.39 Å². The maximum atomic E-state index is 13.7. The molecule has 0 aliphatic rings. The Balaban J connectivity index is 2.29. The third-order valence-corrected chi connectivity index (χ3v) is 4.25. The molecule has 4 nitrogen and oxygen atoms in total. The first-order valence-corrected chi connectivity index (χ1v) is 7.99. The lowest BCUT2D eigenvalue weighted by Crippen LogP contribution is -1.86. The molecule has 0 atom stereocenters. The van der Waals surface area contributed by atoms with Gasteiger partial charge < -0.3 is 0 Å². The van der Waals surface area contributed by atoms with E-state index < -0.39 is 5.82 Å². The van der Waals surface area contributed by atoms with Crippen LogP contribution in [0.2, 0.25) is 0 Å². The maximum absolute atomic E-state index is 13.7. The smallest absolute Gasteiger partial charge is 0.141 e. The molecule has 0 aliphatic heterocycles. The molecule has 2 rings (SSSR count). The minimum absolute atomic E-state index is 0.0159. The molecule has 0 aliphatic carbocycles. The van der Waals surface area contributed by atoms with Crippen molar-refractivity contribution in [3.8, 4) is 16.6 Å². The summed E-state index contributed by atoms with van der Waals surface area (Å²) in [5.74, 6) is -0.0291. The van der Waals surface area contributed by atoms with E-state index in [0.29, 0.717) is 27.8 Å². The van der Waals surface area contributed by atoms with Crippen molar-refractivity contribution in [1.29, 1.82) is 5.26 Å². The molecule has 1 heterocycles. The fourth-order valence-electron chi connectivity index (χ4n) is 1.61. The van der Waals surface area contributed by atoms with Crippen LogP contribution in [0.1, 0.15) is 11.3 Å². The van der Waals surface area contributed by atoms with Gasteiger partial charge in [-0.05, 0) is 25.6 Å². The molecule has 2 aromatic rings. The topological polar surface area (TPSA) is 61.4 Å². The van der Waals surface area contributed by atoms with Crippen LogP contribution in [0.5, 0.6) is 0 Å². The highest BCUT2D eigenvalue weighted by atomic mass is 32.2. The van der Waals surface area contributed by atoms with Crippen molar-refractivity contribution in [1.82, 2.24) is 4.98 Å². The van der Waals surface area contributed by atoms with E-state index in [2.05, 4.69) is 28.4 Å². The summed E-state index contributed by atoms with van der Waals surface area (Å²) in [5.41, 5.74) is 1.93. The largest absolute Gasteiger partial charge is 0.290 e. The number of thioether (sulfide) groups is 1. The number of thiazole rings is 1. The number of nitriles is 1. The second kappa shape index (κ2) is 7.64. The molecule has 0 bridgehead atoms. The average Bonchev–Trinajstić information content (AvgIpc) is 3.01. The van der Waals surface area contributed by atoms with Crippen molar-refractivity contribution in [2.75, 3.05) is 5.88 Å². The Morgan fingerprint density at radius 3 is 2.95 bits per heavy atom. The zero-order valence-corrected chi connectivity index (χ0v) is 13.1. The van der Waals surface area contributed by atoms with E-state index in [1.165, 1.54) is 35.2 Å². The number of aromatic nitrogens is 1. The summed E-state index contributed by atoms with van der Waals surface area (Å²) in [5, 5.41) is 13.0. The van der Waals surface area contributed by atoms with Gasteiger partial charge in [-0.25, -0.2) is 9.37 Å². The van der Waals surface area contributed by atoms with Gasteiger partial charge in [-0.2, -0.15) is 5.26 Å². The van der Waals surface area contributed by atoms with Gasteiger partial charge in [0.25, 0.3) is 0 Å². The SMILES string of the molecule is C=NCS/C=C(\N=C)c1csc(-c2ccc(C#N)c(F)c2)n1. The molecular formula is C15H11FN4S2. The van der Waals surface area contributed by atoms with Crippen LogP contribution in [0.3, 0.4) is 0 Å². The summed E-state index contributed by atoms with van der Waals surface area (Å²) in [6, 6.07) is 6.22. The number of benzene rings is 1. The van der Waals surface area contributed by atoms with Gasteiger partial charge in [-0.15, -0.1) is 23.1 Å². The average molecular weight is 330 g/mol. The van der Waals surface area contributed by atoms with Gasteiger partial charge in [-0.3, -0.25) is 9.98 Å². The first kappa shape index (κ1) is 16.1. The van der Waals surface area contributed by atoms with Gasteiger partial charge in [0, 0.05) is 16.4 Å². The first-order valence-electron chi connectivity index (χ1n) is 6.06. The first-order chi connectivity index (χ1) is 10.7. The molecule has 0 radical (unpaired) electrons. The minimum atomic E-state index is -0.554. The molecule has 0 unspecified atom stereocenters. The number of aliphatic imine (C=N–C) groups is 2. The van der Waals surface area contributed by atoms with Crippen LogP contribution in [-0.2, 0) is 0 Å². The van der Waals surface area contributed by atoms with Crippen molar-refractivity contribution in [2.45, 2.75) is 0 Å². The van der Waals surface area contributed by atoms with Gasteiger partial charge in [0.15, 0.2) is 0 Å². The van der Waals surface area contributed by atoms with Crippen LogP contribution in [-0.4, -0.2) is 24.3 Å². The lowest BCUT2D eigenvalue weighted by atomic mass is 10.1. The molecule has 7 heteroatoms. The van der Waals surface area contributed by atoms with Crippen LogP contribution >= 0.6 is 23.1 Å². The molecule has 0 N–H and O–H groups in total. The Labute approximate surface area is 135 Å². The zero-order valence-electron chi connectivity index (χ0n) is 11.5. The van der Waals surface area contributed by atoms with E-state index in [1.54, 1.807) is 17.5 Å². The quantitative estimate of drug-likeness (QED) is 0.589. The van der Waals surface area contributed by atoms with Crippen molar-refractivity contribution < 1.29 is 4.39 Å².